The number of carbonyl (C=O) groups excluding carboxylic acids is 1. The predicted octanol–water partition coefficient (Wildman–Crippen LogP) is 3.46. The number of anilines is 2. The third kappa shape index (κ3) is 3.29. The number of piperazine rings is 1. The number of imidazole rings is 1. The van der Waals surface area contributed by atoms with Gasteiger partial charge in [0.2, 0.25) is 0 Å². The van der Waals surface area contributed by atoms with Gasteiger partial charge in [-0.25, -0.2) is 9.97 Å². The first-order valence-electron chi connectivity index (χ1n) is 9.95. The van der Waals surface area contributed by atoms with Crippen LogP contribution in [0.4, 0.5) is 10.8 Å². The Labute approximate surface area is 178 Å². The van der Waals surface area contributed by atoms with Gasteiger partial charge in [0, 0.05) is 45.1 Å². The lowest BCUT2D eigenvalue weighted by molar-refractivity contribution is 0.0743. The smallest absolute Gasteiger partial charge is 0.274 e. The van der Waals surface area contributed by atoms with Gasteiger partial charge in [-0.05, 0) is 24.3 Å². The number of pyridine rings is 1. The van der Waals surface area contributed by atoms with E-state index in [9.17, 15) is 4.79 Å². The molecule has 1 N–H and O–H groups in total. The lowest BCUT2D eigenvalue weighted by atomic mass is 10.2. The topological polar surface area (TPSA) is 65.8 Å². The molecule has 1 aliphatic rings. The van der Waals surface area contributed by atoms with Gasteiger partial charge in [-0.15, -0.1) is 0 Å². The normalized spacial score (nSPS) is 14.3. The fourth-order valence-corrected chi connectivity index (χ4v) is 4.57. The van der Waals surface area contributed by atoms with Gasteiger partial charge in [-0.2, -0.15) is 0 Å². The van der Waals surface area contributed by atoms with E-state index in [1.165, 1.54) is 17.0 Å². The van der Waals surface area contributed by atoms with Crippen LogP contribution in [-0.2, 0) is 0 Å². The third-order valence-electron chi connectivity index (χ3n) is 5.38. The van der Waals surface area contributed by atoms with E-state index in [1.807, 2.05) is 58.9 Å². The van der Waals surface area contributed by atoms with Crippen LogP contribution in [0, 0.1) is 0 Å². The Bertz CT molecular complexity index is 1180. The first kappa shape index (κ1) is 18.6. The third-order valence-corrected chi connectivity index (χ3v) is 6.39. The molecule has 0 atom stereocenters. The average molecular weight is 419 g/mol. The van der Waals surface area contributed by atoms with E-state index in [4.69, 9.17) is 4.98 Å². The molecule has 0 unspecified atom stereocenters. The van der Waals surface area contributed by atoms with Crippen LogP contribution in [0.3, 0.4) is 0 Å². The van der Waals surface area contributed by atoms with Gasteiger partial charge in [0.1, 0.15) is 0 Å². The van der Waals surface area contributed by atoms with Crippen LogP contribution in [0.15, 0.2) is 60.9 Å². The molecule has 1 fully saturated rings. The summed E-state index contributed by atoms with van der Waals surface area (Å²) < 4.78 is 1.97. The van der Waals surface area contributed by atoms with E-state index in [1.54, 1.807) is 6.20 Å². The number of carbonyl (C=O) groups is 1. The zero-order chi connectivity index (χ0) is 20.5. The highest BCUT2D eigenvalue weighted by atomic mass is 32.1. The zero-order valence-electron chi connectivity index (χ0n) is 16.7. The van der Waals surface area contributed by atoms with Crippen molar-refractivity contribution >= 4 is 33.6 Å². The Kier molecular flexibility index (Phi) is 4.84. The quantitative estimate of drug-likeness (QED) is 0.550. The second kappa shape index (κ2) is 7.79. The predicted molar refractivity (Wildman–Crippen MR) is 120 cm³/mol. The molecule has 7 nitrogen and oxygen atoms in total. The standard InChI is InChI=1S/C22H22N6OS/c1-23-22-24-15-18(30-22)20-25-19(17-9-5-6-10-28(17)20)21(29)27-13-11-26(12-14-27)16-7-3-2-4-8-16/h2-10,15H,11-14H2,1H3,(H,23,24). The molecule has 30 heavy (non-hydrogen) atoms. The van der Waals surface area contributed by atoms with Crippen molar-refractivity contribution in [2.45, 2.75) is 0 Å². The minimum Gasteiger partial charge on any atom is -0.368 e. The van der Waals surface area contributed by atoms with Gasteiger partial charge >= 0.3 is 0 Å². The number of fused-ring (bicyclic) bond motifs is 1. The van der Waals surface area contributed by atoms with Crippen LogP contribution in [0.2, 0.25) is 0 Å². The molecule has 0 saturated carbocycles. The number of para-hydroxylation sites is 1. The van der Waals surface area contributed by atoms with Crippen molar-refractivity contribution in [3.8, 4) is 10.7 Å². The molecule has 1 aromatic carbocycles. The average Bonchev–Trinajstić information content (AvgIpc) is 3.44. The van der Waals surface area contributed by atoms with Crippen LogP contribution >= 0.6 is 11.3 Å². The van der Waals surface area contributed by atoms with Gasteiger partial charge < -0.3 is 15.1 Å². The number of hydrogen-bond acceptors (Lipinski definition) is 6. The second-order valence-corrected chi connectivity index (χ2v) is 8.17. The first-order chi connectivity index (χ1) is 14.7. The van der Waals surface area contributed by atoms with E-state index < -0.39 is 0 Å². The Morgan fingerprint density at radius 3 is 2.53 bits per heavy atom. The Hall–Kier alpha value is -3.39. The van der Waals surface area contributed by atoms with E-state index in [-0.39, 0.29) is 5.91 Å². The summed E-state index contributed by atoms with van der Waals surface area (Å²) in [5, 5.41) is 3.88. The number of nitrogens with zero attached hydrogens (tertiary/aromatic N) is 5. The largest absolute Gasteiger partial charge is 0.368 e. The molecule has 8 heteroatoms. The molecule has 0 radical (unpaired) electrons. The molecule has 0 aliphatic carbocycles. The maximum absolute atomic E-state index is 13.4. The molecular formula is C22H22N6OS. The van der Waals surface area contributed by atoms with E-state index in [2.05, 4.69) is 27.3 Å². The molecule has 0 spiro atoms. The van der Waals surface area contributed by atoms with Crippen molar-refractivity contribution in [2.24, 2.45) is 0 Å². The second-order valence-electron chi connectivity index (χ2n) is 7.13. The molecule has 0 bridgehead atoms. The van der Waals surface area contributed by atoms with E-state index in [0.29, 0.717) is 18.8 Å². The summed E-state index contributed by atoms with van der Waals surface area (Å²) >= 11 is 1.52. The SMILES string of the molecule is CNc1ncc(-c2nc(C(=O)N3CCN(c4ccccc4)CC3)c3ccccn23)s1. The number of amides is 1. The minimum absolute atomic E-state index is 0.0176. The summed E-state index contributed by atoms with van der Waals surface area (Å²) in [6.45, 7) is 2.99. The van der Waals surface area contributed by atoms with Crippen molar-refractivity contribution < 1.29 is 4.79 Å². The number of rotatable bonds is 4. The summed E-state index contributed by atoms with van der Waals surface area (Å²) in [4.78, 5) is 27.6. The molecule has 1 amide bonds. The Balaban J connectivity index is 1.42. The fourth-order valence-electron chi connectivity index (χ4n) is 3.82. The highest BCUT2D eigenvalue weighted by Gasteiger charge is 2.27. The van der Waals surface area contributed by atoms with Crippen LogP contribution in [0.1, 0.15) is 10.5 Å². The van der Waals surface area contributed by atoms with Gasteiger partial charge in [-0.3, -0.25) is 9.20 Å². The maximum atomic E-state index is 13.4. The fraction of sp³-hybridized carbons (Fsp3) is 0.227. The van der Waals surface area contributed by atoms with Crippen molar-refractivity contribution in [3.63, 3.8) is 0 Å². The highest BCUT2D eigenvalue weighted by Crippen LogP contribution is 2.30. The summed E-state index contributed by atoms with van der Waals surface area (Å²) in [5.74, 6) is 0.729. The van der Waals surface area contributed by atoms with E-state index in [0.717, 1.165) is 34.4 Å². The number of hydrogen-bond donors (Lipinski definition) is 1. The number of nitrogens with one attached hydrogen (secondary N) is 1. The molecule has 4 aromatic rings. The van der Waals surface area contributed by atoms with Crippen LogP contribution < -0.4 is 10.2 Å². The van der Waals surface area contributed by atoms with Gasteiger partial charge in [0.15, 0.2) is 16.6 Å². The molecule has 1 saturated heterocycles. The zero-order valence-corrected chi connectivity index (χ0v) is 17.5. The van der Waals surface area contributed by atoms with Gasteiger partial charge in [-0.1, -0.05) is 35.6 Å². The lowest BCUT2D eigenvalue weighted by Crippen LogP contribution is -2.48. The van der Waals surface area contributed by atoms with Crippen LogP contribution in [0.25, 0.3) is 16.2 Å². The van der Waals surface area contributed by atoms with Crippen molar-refractivity contribution in [1.82, 2.24) is 19.3 Å². The lowest BCUT2D eigenvalue weighted by Gasteiger charge is -2.35. The monoisotopic (exact) mass is 418 g/mol. The molecule has 5 rings (SSSR count). The van der Waals surface area contributed by atoms with Crippen LogP contribution in [0.5, 0.6) is 0 Å². The van der Waals surface area contributed by atoms with Crippen molar-refractivity contribution in [1.29, 1.82) is 0 Å². The molecule has 4 heterocycles. The van der Waals surface area contributed by atoms with Crippen molar-refractivity contribution in [2.75, 3.05) is 43.4 Å². The van der Waals surface area contributed by atoms with Crippen LogP contribution in [-0.4, -0.2) is 58.4 Å². The van der Waals surface area contributed by atoms with E-state index >= 15 is 0 Å². The Morgan fingerprint density at radius 1 is 1.03 bits per heavy atom. The Morgan fingerprint density at radius 2 is 1.80 bits per heavy atom. The molecule has 152 valence electrons. The summed E-state index contributed by atoms with van der Waals surface area (Å²) in [7, 11) is 1.84. The molecular weight excluding hydrogens is 396 g/mol. The maximum Gasteiger partial charge on any atom is 0.274 e. The number of benzene rings is 1. The molecule has 3 aromatic heterocycles. The summed E-state index contributed by atoms with van der Waals surface area (Å²) in [6.07, 6.45) is 3.74. The van der Waals surface area contributed by atoms with Crippen molar-refractivity contribution in [3.05, 3.63) is 66.6 Å². The number of aromatic nitrogens is 3. The summed E-state index contributed by atoms with van der Waals surface area (Å²) in [6, 6.07) is 16.2. The number of thiazole rings is 1. The summed E-state index contributed by atoms with van der Waals surface area (Å²) in [5.41, 5.74) is 2.52. The van der Waals surface area contributed by atoms with Gasteiger partial charge in [0.05, 0.1) is 16.6 Å². The molecule has 1 aliphatic heterocycles. The first-order valence-corrected chi connectivity index (χ1v) is 10.8. The minimum atomic E-state index is -0.0176. The van der Waals surface area contributed by atoms with Gasteiger partial charge in [0.25, 0.3) is 5.91 Å². The highest BCUT2D eigenvalue weighted by molar-refractivity contribution is 7.18.